The van der Waals surface area contributed by atoms with Gasteiger partial charge in [0.2, 0.25) is 0 Å². The summed E-state index contributed by atoms with van der Waals surface area (Å²) in [6.07, 6.45) is 4.32. The molecular formula is C15H16ClFN2. The molecule has 0 aliphatic heterocycles. The summed E-state index contributed by atoms with van der Waals surface area (Å²) in [5.41, 5.74) is 4.08. The molecule has 0 unspecified atom stereocenters. The van der Waals surface area contributed by atoms with Crippen molar-refractivity contribution in [2.24, 2.45) is 0 Å². The van der Waals surface area contributed by atoms with Crippen molar-refractivity contribution in [3.63, 3.8) is 0 Å². The van der Waals surface area contributed by atoms with E-state index >= 15 is 0 Å². The highest BCUT2D eigenvalue weighted by atomic mass is 35.5. The first kappa shape index (κ1) is 12.7. The zero-order valence-corrected chi connectivity index (χ0v) is 11.6. The third-order valence-electron chi connectivity index (χ3n) is 3.64. The molecule has 4 heteroatoms. The van der Waals surface area contributed by atoms with E-state index in [1.807, 2.05) is 6.92 Å². The lowest BCUT2D eigenvalue weighted by Gasteiger charge is -2.21. The quantitative estimate of drug-likeness (QED) is 0.884. The fraction of sp³-hybridized carbons (Fsp3) is 0.400. The van der Waals surface area contributed by atoms with Gasteiger partial charge in [0, 0.05) is 23.3 Å². The predicted octanol–water partition coefficient (Wildman–Crippen LogP) is 4.34. The van der Waals surface area contributed by atoms with Crippen molar-refractivity contribution < 1.29 is 4.39 Å². The van der Waals surface area contributed by atoms with Crippen LogP contribution in [0.1, 0.15) is 31.0 Å². The molecule has 1 aromatic carbocycles. The average Bonchev–Trinajstić information content (AvgIpc) is 2.40. The third kappa shape index (κ3) is 2.16. The summed E-state index contributed by atoms with van der Waals surface area (Å²) in [6, 6.07) is 2.86. The molecule has 1 heterocycles. The average molecular weight is 279 g/mol. The van der Waals surface area contributed by atoms with Gasteiger partial charge >= 0.3 is 0 Å². The smallest absolute Gasteiger partial charge is 0.125 e. The van der Waals surface area contributed by atoms with Gasteiger partial charge in [0.15, 0.2) is 0 Å². The molecular weight excluding hydrogens is 263 g/mol. The molecule has 1 aliphatic rings. The van der Waals surface area contributed by atoms with Crippen LogP contribution in [-0.4, -0.2) is 11.5 Å². The molecule has 0 atom stereocenters. The highest BCUT2D eigenvalue weighted by molar-refractivity contribution is 6.35. The molecule has 0 radical (unpaired) electrons. The molecule has 19 heavy (non-hydrogen) atoms. The van der Waals surface area contributed by atoms with E-state index in [2.05, 4.69) is 10.3 Å². The zero-order chi connectivity index (χ0) is 13.4. The van der Waals surface area contributed by atoms with Crippen LogP contribution in [0.3, 0.4) is 0 Å². The fourth-order valence-corrected chi connectivity index (χ4v) is 3.08. The maximum Gasteiger partial charge on any atom is 0.125 e. The summed E-state index contributed by atoms with van der Waals surface area (Å²) in [5, 5.41) is 4.56. The van der Waals surface area contributed by atoms with Gasteiger partial charge in [-0.25, -0.2) is 4.39 Å². The Kier molecular flexibility index (Phi) is 3.31. The highest BCUT2D eigenvalue weighted by Crippen LogP contribution is 2.36. The maximum atomic E-state index is 13.6. The van der Waals surface area contributed by atoms with Gasteiger partial charge in [-0.15, -0.1) is 0 Å². The lowest BCUT2D eigenvalue weighted by Crippen LogP contribution is -2.11. The first-order valence-corrected chi connectivity index (χ1v) is 7.13. The van der Waals surface area contributed by atoms with Gasteiger partial charge in [-0.3, -0.25) is 4.98 Å². The molecule has 1 aliphatic carbocycles. The minimum absolute atomic E-state index is 0.311. The number of hydrogen-bond acceptors (Lipinski definition) is 2. The van der Waals surface area contributed by atoms with Gasteiger partial charge in [0.1, 0.15) is 5.82 Å². The summed E-state index contributed by atoms with van der Waals surface area (Å²) in [4.78, 5) is 4.66. The fourth-order valence-electron chi connectivity index (χ4n) is 2.83. The number of anilines is 1. The van der Waals surface area contributed by atoms with E-state index in [1.54, 1.807) is 0 Å². The monoisotopic (exact) mass is 278 g/mol. The number of rotatable bonds is 2. The van der Waals surface area contributed by atoms with Gasteiger partial charge in [0.05, 0.1) is 10.5 Å². The topological polar surface area (TPSA) is 24.9 Å². The predicted molar refractivity (Wildman–Crippen MR) is 77.5 cm³/mol. The second-order valence-electron chi connectivity index (χ2n) is 4.93. The Labute approximate surface area is 117 Å². The van der Waals surface area contributed by atoms with Crippen LogP contribution >= 0.6 is 11.6 Å². The van der Waals surface area contributed by atoms with Crippen LogP contribution in [0, 0.1) is 5.82 Å². The minimum Gasteiger partial charge on any atom is -0.384 e. The summed E-state index contributed by atoms with van der Waals surface area (Å²) in [7, 11) is 0. The Bertz CT molecular complexity index is 640. The molecule has 0 bridgehead atoms. The van der Waals surface area contributed by atoms with E-state index < -0.39 is 0 Å². The third-order valence-corrected chi connectivity index (χ3v) is 3.93. The molecule has 3 rings (SSSR count). The molecule has 2 aromatic rings. The molecule has 2 nitrogen and oxygen atoms in total. The van der Waals surface area contributed by atoms with Crippen LogP contribution in [0.5, 0.6) is 0 Å². The number of benzene rings is 1. The van der Waals surface area contributed by atoms with Crippen LogP contribution in [0.15, 0.2) is 12.1 Å². The number of pyridine rings is 1. The highest BCUT2D eigenvalue weighted by Gasteiger charge is 2.19. The largest absolute Gasteiger partial charge is 0.384 e. The standard InChI is InChI=1S/C15H16ClFN2/c1-2-18-14-10-5-3-4-6-13(10)19-15-11(14)7-9(17)8-12(15)16/h7-8H,2-6H2,1H3,(H,18,19). The zero-order valence-electron chi connectivity index (χ0n) is 10.9. The van der Waals surface area contributed by atoms with Crippen LogP contribution in [0.2, 0.25) is 5.02 Å². The molecule has 0 saturated carbocycles. The number of halogens is 2. The van der Waals surface area contributed by atoms with E-state index in [1.165, 1.54) is 24.1 Å². The molecule has 100 valence electrons. The summed E-state index contributed by atoms with van der Waals surface area (Å²) < 4.78 is 13.6. The number of hydrogen-bond donors (Lipinski definition) is 1. The van der Waals surface area contributed by atoms with Gasteiger partial charge < -0.3 is 5.32 Å². The Balaban J connectivity index is 2.35. The first-order chi connectivity index (χ1) is 9.20. The van der Waals surface area contributed by atoms with Crippen molar-refractivity contribution in [3.05, 3.63) is 34.2 Å². The SMILES string of the molecule is CCNc1c2c(nc3c(Cl)cc(F)cc13)CCCC2. The summed E-state index contributed by atoms with van der Waals surface area (Å²) in [6.45, 7) is 2.85. The number of aryl methyl sites for hydroxylation is 1. The molecule has 0 saturated heterocycles. The van der Waals surface area contributed by atoms with Crippen molar-refractivity contribution in [1.82, 2.24) is 4.98 Å². The molecule has 0 spiro atoms. The van der Waals surface area contributed by atoms with Crippen LogP contribution < -0.4 is 5.32 Å². The minimum atomic E-state index is -0.311. The summed E-state index contributed by atoms with van der Waals surface area (Å²) >= 11 is 6.15. The lowest BCUT2D eigenvalue weighted by molar-refractivity contribution is 0.629. The lowest BCUT2D eigenvalue weighted by atomic mass is 9.92. The van der Waals surface area contributed by atoms with Gasteiger partial charge in [-0.2, -0.15) is 0 Å². The Hall–Kier alpha value is -1.35. The van der Waals surface area contributed by atoms with Crippen LogP contribution in [0.25, 0.3) is 10.9 Å². The van der Waals surface area contributed by atoms with Gasteiger partial charge in [0.25, 0.3) is 0 Å². The second kappa shape index (κ2) is 4.97. The van der Waals surface area contributed by atoms with Gasteiger partial charge in [-0.05, 0) is 50.3 Å². The molecule has 0 fully saturated rings. The number of nitrogens with zero attached hydrogens (tertiary/aromatic N) is 1. The van der Waals surface area contributed by atoms with Crippen molar-refractivity contribution in [1.29, 1.82) is 0 Å². The number of fused-ring (bicyclic) bond motifs is 2. The van der Waals surface area contributed by atoms with Crippen molar-refractivity contribution in [2.45, 2.75) is 32.6 Å². The maximum absolute atomic E-state index is 13.6. The molecule has 1 N–H and O–H groups in total. The van der Waals surface area contributed by atoms with E-state index in [9.17, 15) is 4.39 Å². The normalized spacial score (nSPS) is 14.5. The Morgan fingerprint density at radius 3 is 2.89 bits per heavy atom. The van der Waals surface area contributed by atoms with Crippen LogP contribution in [0.4, 0.5) is 10.1 Å². The number of nitrogens with one attached hydrogen (secondary N) is 1. The van der Waals surface area contributed by atoms with Crippen molar-refractivity contribution in [2.75, 3.05) is 11.9 Å². The summed E-state index contributed by atoms with van der Waals surface area (Å²) in [5.74, 6) is -0.311. The van der Waals surface area contributed by atoms with Crippen LogP contribution in [-0.2, 0) is 12.8 Å². The Morgan fingerprint density at radius 1 is 1.32 bits per heavy atom. The van der Waals surface area contributed by atoms with E-state index in [-0.39, 0.29) is 5.82 Å². The van der Waals surface area contributed by atoms with Gasteiger partial charge in [-0.1, -0.05) is 11.6 Å². The van der Waals surface area contributed by atoms with E-state index in [4.69, 9.17) is 11.6 Å². The molecule has 0 amide bonds. The molecule has 1 aromatic heterocycles. The number of aromatic nitrogens is 1. The van der Waals surface area contributed by atoms with Crippen molar-refractivity contribution in [3.8, 4) is 0 Å². The second-order valence-corrected chi connectivity index (χ2v) is 5.34. The van der Waals surface area contributed by atoms with E-state index in [0.717, 1.165) is 42.6 Å². The van der Waals surface area contributed by atoms with Crippen molar-refractivity contribution >= 4 is 28.2 Å². The first-order valence-electron chi connectivity index (χ1n) is 6.75. The van der Waals surface area contributed by atoms with E-state index in [0.29, 0.717) is 10.5 Å². The Morgan fingerprint density at radius 2 is 2.11 bits per heavy atom.